The number of carbonyl (C=O) groups is 1. The highest BCUT2D eigenvalue weighted by Gasteiger charge is 2.40. The molecule has 1 amide bonds. The molecule has 0 atom stereocenters. The first kappa shape index (κ1) is 18.8. The lowest BCUT2D eigenvalue weighted by atomic mass is 9.83. The van der Waals surface area contributed by atoms with Crippen molar-refractivity contribution in [1.29, 1.82) is 0 Å². The molecule has 0 saturated heterocycles. The molecule has 1 aromatic carbocycles. The summed E-state index contributed by atoms with van der Waals surface area (Å²) in [6.07, 6.45) is 5.85. The minimum atomic E-state index is -0.658. The van der Waals surface area contributed by atoms with Crippen LogP contribution in [0.2, 0.25) is 0 Å². The molecular weight excluding hydrogens is 302 g/mol. The zero-order valence-electron chi connectivity index (χ0n) is 15.5. The van der Waals surface area contributed by atoms with Gasteiger partial charge in [-0.05, 0) is 63.3 Å². The predicted molar refractivity (Wildman–Crippen MR) is 97.8 cm³/mol. The minimum absolute atomic E-state index is 0.00129. The second kappa shape index (κ2) is 8.52. The molecule has 0 aliphatic heterocycles. The Morgan fingerprint density at radius 3 is 2.29 bits per heavy atom. The largest absolute Gasteiger partial charge is 0.493 e. The highest BCUT2D eigenvalue weighted by molar-refractivity contribution is 5.97. The van der Waals surface area contributed by atoms with Crippen LogP contribution >= 0.6 is 0 Å². The van der Waals surface area contributed by atoms with E-state index in [-0.39, 0.29) is 5.91 Å². The molecule has 0 spiro atoms. The maximum absolute atomic E-state index is 13.0. The van der Waals surface area contributed by atoms with Gasteiger partial charge in [0, 0.05) is 12.3 Å². The van der Waals surface area contributed by atoms with Gasteiger partial charge in [-0.2, -0.15) is 0 Å². The van der Waals surface area contributed by atoms with E-state index in [1.165, 1.54) is 6.42 Å². The van der Waals surface area contributed by atoms with Gasteiger partial charge in [-0.3, -0.25) is 4.79 Å². The van der Waals surface area contributed by atoms with Crippen molar-refractivity contribution >= 4 is 11.6 Å². The number of anilines is 1. The number of carbonyl (C=O) groups excluding carboxylic acids is 1. The molecule has 0 radical (unpaired) electrons. The molecule has 1 saturated carbocycles. The van der Waals surface area contributed by atoms with Crippen LogP contribution in [0, 0.1) is 13.8 Å². The molecule has 0 heterocycles. The topological polar surface area (TPSA) is 47.6 Å². The monoisotopic (exact) mass is 333 g/mol. The summed E-state index contributed by atoms with van der Waals surface area (Å²) in [5.41, 5.74) is 2.25. The Bertz CT molecular complexity index is 539. The SMILES string of the molecule is CCCOC1(C(=O)Nc2cc(C)c(OCC)c(C)c2)CCCCC1. The zero-order chi connectivity index (χ0) is 17.6. The van der Waals surface area contributed by atoms with Crippen LogP contribution in [-0.4, -0.2) is 24.7 Å². The van der Waals surface area contributed by atoms with E-state index in [4.69, 9.17) is 9.47 Å². The van der Waals surface area contributed by atoms with Crippen LogP contribution in [-0.2, 0) is 9.53 Å². The fourth-order valence-electron chi connectivity index (χ4n) is 3.50. The van der Waals surface area contributed by atoms with Crippen molar-refractivity contribution in [1.82, 2.24) is 0 Å². The number of nitrogens with one attached hydrogen (secondary N) is 1. The fraction of sp³-hybridized carbons (Fsp3) is 0.650. The quantitative estimate of drug-likeness (QED) is 0.782. The molecule has 0 aromatic heterocycles. The standard InChI is InChI=1S/C20H31NO3/c1-5-12-24-20(10-8-7-9-11-20)19(22)21-17-13-15(3)18(23-6-2)16(4)14-17/h13-14H,5-12H2,1-4H3,(H,21,22). The van der Waals surface area contributed by atoms with Crippen LogP contribution in [0.5, 0.6) is 5.75 Å². The van der Waals surface area contributed by atoms with Gasteiger partial charge in [0.25, 0.3) is 5.91 Å². The van der Waals surface area contributed by atoms with Crippen LogP contribution in [0.15, 0.2) is 12.1 Å². The summed E-state index contributed by atoms with van der Waals surface area (Å²) in [7, 11) is 0. The average Bonchev–Trinajstić information content (AvgIpc) is 2.57. The number of ether oxygens (including phenoxy) is 2. The predicted octanol–water partition coefficient (Wildman–Crippen LogP) is 4.77. The first-order valence-corrected chi connectivity index (χ1v) is 9.22. The van der Waals surface area contributed by atoms with Gasteiger partial charge in [-0.25, -0.2) is 0 Å². The Morgan fingerprint density at radius 2 is 1.75 bits per heavy atom. The zero-order valence-corrected chi connectivity index (χ0v) is 15.5. The second-order valence-corrected chi connectivity index (χ2v) is 6.73. The smallest absolute Gasteiger partial charge is 0.256 e. The van der Waals surface area contributed by atoms with E-state index in [1.54, 1.807) is 0 Å². The van der Waals surface area contributed by atoms with Crippen molar-refractivity contribution < 1.29 is 14.3 Å². The maximum Gasteiger partial charge on any atom is 0.256 e. The van der Waals surface area contributed by atoms with E-state index in [0.717, 1.165) is 54.7 Å². The van der Waals surface area contributed by atoms with Crippen molar-refractivity contribution in [3.8, 4) is 5.75 Å². The summed E-state index contributed by atoms with van der Waals surface area (Å²) < 4.78 is 11.7. The second-order valence-electron chi connectivity index (χ2n) is 6.73. The molecule has 0 unspecified atom stereocenters. The third-order valence-electron chi connectivity index (χ3n) is 4.66. The highest BCUT2D eigenvalue weighted by atomic mass is 16.5. The van der Waals surface area contributed by atoms with Crippen LogP contribution in [0.1, 0.15) is 63.5 Å². The molecule has 2 rings (SSSR count). The molecule has 1 N–H and O–H groups in total. The van der Waals surface area contributed by atoms with Crippen molar-refractivity contribution in [2.24, 2.45) is 0 Å². The van der Waals surface area contributed by atoms with Crippen LogP contribution < -0.4 is 10.1 Å². The van der Waals surface area contributed by atoms with Gasteiger partial charge in [-0.1, -0.05) is 26.2 Å². The van der Waals surface area contributed by atoms with E-state index < -0.39 is 5.60 Å². The molecular formula is C20H31NO3. The normalized spacial score (nSPS) is 16.7. The van der Waals surface area contributed by atoms with Gasteiger partial charge in [-0.15, -0.1) is 0 Å². The van der Waals surface area contributed by atoms with Gasteiger partial charge in [0.05, 0.1) is 6.61 Å². The minimum Gasteiger partial charge on any atom is -0.493 e. The Hall–Kier alpha value is -1.55. The Labute approximate surface area is 145 Å². The van der Waals surface area contributed by atoms with Gasteiger partial charge in [0.1, 0.15) is 11.4 Å². The summed E-state index contributed by atoms with van der Waals surface area (Å²) >= 11 is 0. The van der Waals surface area contributed by atoms with E-state index in [9.17, 15) is 4.79 Å². The van der Waals surface area contributed by atoms with E-state index in [2.05, 4.69) is 12.2 Å². The number of amides is 1. The maximum atomic E-state index is 13.0. The fourth-order valence-corrected chi connectivity index (χ4v) is 3.50. The number of rotatable bonds is 7. The third-order valence-corrected chi connectivity index (χ3v) is 4.66. The molecule has 4 nitrogen and oxygen atoms in total. The van der Waals surface area contributed by atoms with Crippen LogP contribution in [0.3, 0.4) is 0 Å². The summed E-state index contributed by atoms with van der Waals surface area (Å²) in [4.78, 5) is 13.0. The molecule has 1 fully saturated rings. The number of aryl methyl sites for hydroxylation is 2. The van der Waals surface area contributed by atoms with E-state index >= 15 is 0 Å². The van der Waals surface area contributed by atoms with Gasteiger partial charge < -0.3 is 14.8 Å². The van der Waals surface area contributed by atoms with Gasteiger partial charge >= 0.3 is 0 Å². The molecule has 24 heavy (non-hydrogen) atoms. The van der Waals surface area contributed by atoms with Crippen molar-refractivity contribution in [3.63, 3.8) is 0 Å². The summed E-state index contributed by atoms with van der Waals surface area (Å²) in [5.74, 6) is 0.906. The first-order chi connectivity index (χ1) is 11.5. The molecule has 1 aliphatic carbocycles. The lowest BCUT2D eigenvalue weighted by Gasteiger charge is -2.35. The van der Waals surface area contributed by atoms with Gasteiger partial charge in [0.15, 0.2) is 0 Å². The van der Waals surface area contributed by atoms with Crippen molar-refractivity contribution in [3.05, 3.63) is 23.3 Å². The Morgan fingerprint density at radius 1 is 1.12 bits per heavy atom. The lowest BCUT2D eigenvalue weighted by molar-refractivity contribution is -0.146. The Balaban J connectivity index is 2.17. The van der Waals surface area contributed by atoms with Crippen LogP contribution in [0.25, 0.3) is 0 Å². The number of benzene rings is 1. The molecule has 0 bridgehead atoms. The highest BCUT2D eigenvalue weighted by Crippen LogP contribution is 2.34. The molecule has 134 valence electrons. The number of hydrogen-bond acceptors (Lipinski definition) is 3. The summed E-state index contributed by atoms with van der Waals surface area (Å²) in [6, 6.07) is 3.96. The van der Waals surface area contributed by atoms with E-state index in [0.29, 0.717) is 13.2 Å². The summed E-state index contributed by atoms with van der Waals surface area (Å²) in [6.45, 7) is 9.35. The average molecular weight is 333 g/mol. The van der Waals surface area contributed by atoms with Crippen molar-refractivity contribution in [2.45, 2.75) is 71.8 Å². The van der Waals surface area contributed by atoms with Crippen molar-refractivity contribution in [2.75, 3.05) is 18.5 Å². The van der Waals surface area contributed by atoms with E-state index in [1.807, 2.05) is 32.9 Å². The lowest BCUT2D eigenvalue weighted by Crippen LogP contribution is -2.47. The van der Waals surface area contributed by atoms with Crippen LogP contribution in [0.4, 0.5) is 5.69 Å². The van der Waals surface area contributed by atoms with Gasteiger partial charge in [0.2, 0.25) is 0 Å². The molecule has 1 aromatic rings. The first-order valence-electron chi connectivity index (χ1n) is 9.22. The molecule has 4 heteroatoms. The Kier molecular flexibility index (Phi) is 6.67. The number of hydrogen-bond donors (Lipinski definition) is 1. The third kappa shape index (κ3) is 4.29. The summed E-state index contributed by atoms with van der Waals surface area (Å²) in [5, 5.41) is 3.09. The molecule has 1 aliphatic rings.